The molecule has 0 radical (unpaired) electrons. The first-order chi connectivity index (χ1) is 27.5. The molecule has 0 atom stereocenters. The monoisotopic (exact) mass is 910 g/mol. The van der Waals surface area contributed by atoms with Gasteiger partial charge in [0, 0.05) is 29.4 Å². The van der Waals surface area contributed by atoms with E-state index in [2.05, 4.69) is 44.3 Å². The van der Waals surface area contributed by atoms with Gasteiger partial charge in [0.25, 0.3) is 10.1 Å². The zero-order valence-electron chi connectivity index (χ0n) is 29.8. The number of hydrogen-bond donors (Lipinski definition) is 5. The number of azo groups is 2. The highest BCUT2D eigenvalue weighted by Gasteiger charge is 2.26. The van der Waals surface area contributed by atoms with Crippen LogP contribution in [0.5, 0.6) is 5.75 Å². The fourth-order valence-corrected chi connectivity index (χ4v) is 7.99. The molecule has 0 unspecified atom stereocenters. The van der Waals surface area contributed by atoms with Crippen LogP contribution in [0.25, 0.3) is 10.8 Å². The van der Waals surface area contributed by atoms with E-state index < -0.39 is 52.4 Å². The summed E-state index contributed by atoms with van der Waals surface area (Å²) in [5.41, 5.74) is 6.03. The van der Waals surface area contributed by atoms with Gasteiger partial charge in [0.2, 0.25) is 0 Å². The van der Waals surface area contributed by atoms with Crippen molar-refractivity contribution in [3.8, 4) is 17.1 Å². The van der Waals surface area contributed by atoms with Crippen molar-refractivity contribution < 1.29 is 68.8 Å². The van der Waals surface area contributed by atoms with Crippen molar-refractivity contribution in [1.82, 2.24) is 0 Å². The molecule has 0 amide bonds. The first kappa shape index (κ1) is 46.3. The molecule has 5 rings (SSSR count). The van der Waals surface area contributed by atoms with Crippen LogP contribution in [0, 0.1) is 11.4 Å². The van der Waals surface area contributed by atoms with Crippen LogP contribution in [0.15, 0.2) is 131 Å². The van der Waals surface area contributed by atoms with Gasteiger partial charge in [-0.05, 0) is 88.2 Å². The second-order valence-electron chi connectivity index (χ2n) is 11.4. The molecule has 0 aromatic heterocycles. The fourth-order valence-electron chi connectivity index (χ4n) is 4.90. The zero-order valence-corrected chi connectivity index (χ0v) is 33.9. The van der Waals surface area contributed by atoms with Crippen LogP contribution in [0.1, 0.15) is 0 Å². The smallest absolute Gasteiger partial charge is 0.433 e. The number of nitrogen functional groups attached to an aromatic ring is 1. The van der Waals surface area contributed by atoms with E-state index in [9.17, 15) is 34.9 Å². The van der Waals surface area contributed by atoms with Gasteiger partial charge in [-0.25, -0.2) is 13.7 Å². The number of thioether (sulfide) groups is 1. The molecule has 0 saturated heterocycles. The van der Waals surface area contributed by atoms with E-state index in [0.717, 1.165) is 23.5 Å². The molecule has 0 spiro atoms. The van der Waals surface area contributed by atoms with Crippen LogP contribution in [-0.2, 0) is 48.9 Å². The van der Waals surface area contributed by atoms with E-state index in [1.165, 1.54) is 54.6 Å². The van der Waals surface area contributed by atoms with E-state index in [0.29, 0.717) is 16.9 Å². The van der Waals surface area contributed by atoms with Gasteiger partial charge in [0.1, 0.15) is 16.3 Å². The lowest BCUT2D eigenvalue weighted by atomic mass is 10.1. The van der Waals surface area contributed by atoms with Gasteiger partial charge >= 0.3 is 10.4 Å². The average Bonchev–Trinajstić information content (AvgIpc) is 3.18. The predicted molar refractivity (Wildman–Crippen MR) is 214 cm³/mol. The summed E-state index contributed by atoms with van der Waals surface area (Å²) < 4.78 is 99.4. The molecule has 0 saturated carbocycles. The number of rotatable bonds is 16. The topological polar surface area (TPSA) is 330 Å². The Morgan fingerprint density at radius 1 is 0.831 bits per heavy atom. The Morgan fingerprint density at radius 3 is 2.17 bits per heavy atom. The summed E-state index contributed by atoms with van der Waals surface area (Å²) in [5, 5.41) is 42.1. The van der Waals surface area contributed by atoms with Crippen molar-refractivity contribution in [2.45, 2.75) is 19.6 Å². The maximum absolute atomic E-state index is 13.2. The lowest BCUT2D eigenvalue weighted by molar-refractivity contribution is -0.432. The Labute approximate surface area is 344 Å². The predicted octanol–water partition coefficient (Wildman–Crippen LogP) is 6.48. The molecular formula is C33H30N6O15S5. The number of anilines is 2. The van der Waals surface area contributed by atoms with Crippen molar-refractivity contribution in [3.05, 3.63) is 91.0 Å². The highest BCUT2D eigenvalue weighted by molar-refractivity contribution is 8.04. The Hall–Kier alpha value is -5.41. The number of phenolic OH excluding ortho intramolecular Hbond substituents is 1. The number of nitrogens with zero attached hydrogens (tertiary/aromatic N) is 5. The van der Waals surface area contributed by atoms with E-state index in [-0.39, 0.29) is 55.4 Å². The molecule has 8 N–H and O–H groups in total. The van der Waals surface area contributed by atoms with E-state index in [1.54, 1.807) is 11.9 Å². The largest absolute Gasteiger partial charge is 0.505 e. The Bertz CT molecular complexity index is 2770. The number of benzene rings is 5. The third-order valence-electron chi connectivity index (χ3n) is 7.56. The molecular weight excluding hydrogens is 881 g/mol. The van der Waals surface area contributed by atoms with Gasteiger partial charge < -0.3 is 21.2 Å². The number of sulfone groups is 1. The molecule has 0 fully saturated rings. The summed E-state index contributed by atoms with van der Waals surface area (Å²) in [4.78, 5) is 5.35. The van der Waals surface area contributed by atoms with Gasteiger partial charge in [-0.15, -0.1) is 14.6 Å². The SMILES string of the molecule is CN(CCS(=O)(=O)c1cccc(N=Nc2c(S(=O)(=O)O)cc3cc(SOOO)c(N=Nc4ccc(SC#COOS(=O)(=O)O)cc4)c(O)c3c2N)c1)c1ccccc1.O. The minimum Gasteiger partial charge on any atom is -0.505 e. The molecule has 0 aliphatic carbocycles. The fraction of sp³-hybridized carbons (Fsp3) is 0.0909. The molecule has 5 aromatic carbocycles. The zero-order chi connectivity index (χ0) is 42.1. The van der Waals surface area contributed by atoms with Crippen molar-refractivity contribution in [2.75, 3.05) is 30.0 Å². The van der Waals surface area contributed by atoms with Crippen molar-refractivity contribution >= 4 is 99.1 Å². The van der Waals surface area contributed by atoms with E-state index >= 15 is 0 Å². The van der Waals surface area contributed by atoms with Crippen molar-refractivity contribution in [1.29, 1.82) is 0 Å². The molecule has 312 valence electrons. The van der Waals surface area contributed by atoms with Crippen LogP contribution < -0.4 is 10.6 Å². The van der Waals surface area contributed by atoms with Crippen molar-refractivity contribution in [3.63, 3.8) is 0 Å². The van der Waals surface area contributed by atoms with Crippen LogP contribution in [0.3, 0.4) is 0 Å². The summed E-state index contributed by atoms with van der Waals surface area (Å²) in [6.07, 6.45) is 1.90. The molecule has 26 heteroatoms. The summed E-state index contributed by atoms with van der Waals surface area (Å²) in [7, 11) is -12.0. The first-order valence-corrected chi connectivity index (χ1v) is 21.7. The number of hydrogen-bond acceptors (Lipinski definition) is 20. The highest BCUT2D eigenvalue weighted by Crippen LogP contribution is 2.49. The minimum atomic E-state index is -5.06. The average molecular weight is 911 g/mol. The van der Waals surface area contributed by atoms with Gasteiger partial charge in [0.15, 0.2) is 21.7 Å². The van der Waals surface area contributed by atoms with Crippen molar-refractivity contribution in [2.24, 2.45) is 20.5 Å². The van der Waals surface area contributed by atoms with Gasteiger partial charge in [-0.3, -0.25) is 14.0 Å². The number of para-hydroxylation sites is 1. The van der Waals surface area contributed by atoms with Crippen LogP contribution in [0.2, 0.25) is 0 Å². The third-order valence-corrected chi connectivity index (χ3v) is 11.7. The first-order valence-electron chi connectivity index (χ1n) is 15.7. The molecule has 0 bridgehead atoms. The molecule has 0 aliphatic heterocycles. The molecule has 0 aliphatic rings. The lowest BCUT2D eigenvalue weighted by Crippen LogP contribution is -2.25. The summed E-state index contributed by atoms with van der Waals surface area (Å²) in [6, 6.07) is 22.8. The summed E-state index contributed by atoms with van der Waals surface area (Å²) >= 11 is 1.23. The number of phenols is 1. The lowest BCUT2D eigenvalue weighted by Gasteiger charge is -2.19. The molecule has 59 heavy (non-hydrogen) atoms. The Balaban J connectivity index is 0.00000769. The Kier molecular flexibility index (Phi) is 15.7. The van der Waals surface area contributed by atoms with Gasteiger partial charge in [-0.1, -0.05) is 29.3 Å². The second-order valence-corrected chi connectivity index (χ2v) is 17.5. The highest BCUT2D eigenvalue weighted by atomic mass is 32.3. The standard InChI is InChI=1S/C33H28N6O14S5.H2O/c1-39(24-7-3-2-4-8-24)14-17-56(42,43)26-9-5-6-23(20-26)36-38-32-28(57(44,45)46)19-21-18-27(55-52-51-41)31(33(40)29(21)30(32)34)37-35-22-10-12-25(13-11-22)54-16-15-50-53-58(47,48)49;/h2-13,18-20,40-41H,14,17,34H2,1H3,(H,44,45,46)(H,47,48,49);1H2. The summed E-state index contributed by atoms with van der Waals surface area (Å²) in [5.74, 6) is -0.919. The molecule has 0 heterocycles. The van der Waals surface area contributed by atoms with E-state index in [4.69, 9.17) is 15.5 Å². The molecule has 5 aromatic rings. The summed E-state index contributed by atoms with van der Waals surface area (Å²) in [6.45, 7) is 0.174. The second kappa shape index (κ2) is 20.0. The number of nitrogens with two attached hydrogens (primary N) is 1. The van der Waals surface area contributed by atoms with Crippen LogP contribution in [-0.4, -0.2) is 69.5 Å². The Morgan fingerprint density at radius 2 is 1.51 bits per heavy atom. The maximum atomic E-state index is 13.2. The van der Waals surface area contributed by atoms with Crippen LogP contribution >= 0.6 is 23.8 Å². The van der Waals surface area contributed by atoms with E-state index in [1.807, 2.05) is 36.4 Å². The van der Waals surface area contributed by atoms with Gasteiger partial charge in [0.05, 0.1) is 50.0 Å². The number of aromatic hydroxyl groups is 1. The normalized spacial score (nSPS) is 12.0. The maximum Gasteiger partial charge on any atom is 0.433 e. The minimum absolute atomic E-state index is 0. The van der Waals surface area contributed by atoms with Crippen LogP contribution in [0.4, 0.5) is 34.1 Å². The van der Waals surface area contributed by atoms with Gasteiger partial charge in [-0.2, -0.15) is 27.1 Å². The third kappa shape index (κ3) is 12.5. The quantitative estimate of drug-likeness (QED) is 0.0103. The molecule has 21 nitrogen and oxygen atoms in total. The number of fused-ring (bicyclic) bond motifs is 1.